The third-order valence-electron chi connectivity index (χ3n) is 2.60. The number of aliphatic hydroxyl groups is 1. The first kappa shape index (κ1) is 11.1. The molecule has 16 heavy (non-hydrogen) atoms. The van der Waals surface area contributed by atoms with Crippen molar-refractivity contribution in [2.75, 3.05) is 11.9 Å². The Bertz CT molecular complexity index is 372. The van der Waals surface area contributed by atoms with Gasteiger partial charge in [-0.2, -0.15) is 0 Å². The Kier molecular flexibility index (Phi) is 3.54. The molecule has 0 spiro atoms. The molecule has 4 nitrogen and oxygen atoms in total. The second kappa shape index (κ2) is 5.09. The van der Waals surface area contributed by atoms with Crippen molar-refractivity contribution in [2.24, 2.45) is 0 Å². The van der Waals surface area contributed by atoms with Crippen LogP contribution in [-0.4, -0.2) is 23.7 Å². The van der Waals surface area contributed by atoms with Crippen LogP contribution in [-0.2, 0) is 16.1 Å². The van der Waals surface area contributed by atoms with E-state index in [4.69, 9.17) is 9.84 Å². The summed E-state index contributed by atoms with van der Waals surface area (Å²) in [4.78, 5) is 11.7. The first-order valence-electron chi connectivity index (χ1n) is 5.42. The van der Waals surface area contributed by atoms with Crippen molar-refractivity contribution in [2.45, 2.75) is 25.6 Å². The summed E-state index contributed by atoms with van der Waals surface area (Å²) in [6, 6.07) is 7.16. The molecule has 86 valence electrons. The quantitative estimate of drug-likeness (QED) is 0.808. The summed E-state index contributed by atoms with van der Waals surface area (Å²) in [5.74, 6) is -0.104. The zero-order valence-electron chi connectivity index (χ0n) is 8.98. The normalized spacial score (nSPS) is 19.7. The van der Waals surface area contributed by atoms with Crippen LogP contribution in [0.2, 0.25) is 0 Å². The lowest BCUT2D eigenvalue weighted by Gasteiger charge is -2.10. The Morgan fingerprint density at radius 3 is 3.12 bits per heavy atom. The van der Waals surface area contributed by atoms with E-state index < -0.39 is 0 Å². The Morgan fingerprint density at radius 1 is 1.56 bits per heavy atom. The number of benzene rings is 1. The molecule has 0 aliphatic carbocycles. The van der Waals surface area contributed by atoms with E-state index in [9.17, 15) is 4.79 Å². The number of amides is 1. The number of nitrogens with one attached hydrogen (secondary N) is 1. The molecule has 1 aromatic carbocycles. The molecular weight excluding hydrogens is 206 g/mol. The maximum atomic E-state index is 11.7. The number of ether oxygens (including phenoxy) is 1. The highest BCUT2D eigenvalue weighted by Gasteiger charge is 2.23. The van der Waals surface area contributed by atoms with Crippen molar-refractivity contribution in [3.8, 4) is 0 Å². The number of hydrogen-bond donors (Lipinski definition) is 2. The second-order valence-electron chi connectivity index (χ2n) is 3.85. The summed E-state index contributed by atoms with van der Waals surface area (Å²) >= 11 is 0. The van der Waals surface area contributed by atoms with Crippen LogP contribution in [0, 0.1) is 0 Å². The average Bonchev–Trinajstić information content (AvgIpc) is 2.83. The number of carbonyl (C=O) groups excluding carboxylic acids is 1. The van der Waals surface area contributed by atoms with E-state index in [0.29, 0.717) is 12.3 Å². The van der Waals surface area contributed by atoms with Gasteiger partial charge in [-0.3, -0.25) is 4.79 Å². The molecule has 1 saturated heterocycles. The Hall–Kier alpha value is -1.39. The van der Waals surface area contributed by atoms with Gasteiger partial charge in [0.1, 0.15) is 6.10 Å². The summed E-state index contributed by atoms with van der Waals surface area (Å²) in [7, 11) is 0. The molecule has 1 amide bonds. The number of carbonyl (C=O) groups is 1. The number of hydrogen-bond acceptors (Lipinski definition) is 3. The van der Waals surface area contributed by atoms with Crippen molar-refractivity contribution in [3.63, 3.8) is 0 Å². The minimum Gasteiger partial charge on any atom is -0.392 e. The van der Waals surface area contributed by atoms with Gasteiger partial charge in [0.15, 0.2) is 0 Å². The lowest BCUT2D eigenvalue weighted by atomic mass is 10.2. The van der Waals surface area contributed by atoms with Crippen molar-refractivity contribution < 1.29 is 14.6 Å². The van der Waals surface area contributed by atoms with Crippen LogP contribution in [0.4, 0.5) is 5.69 Å². The second-order valence-corrected chi connectivity index (χ2v) is 3.85. The van der Waals surface area contributed by atoms with E-state index in [-0.39, 0.29) is 18.6 Å². The maximum Gasteiger partial charge on any atom is 0.253 e. The van der Waals surface area contributed by atoms with Crippen LogP contribution in [0.1, 0.15) is 18.4 Å². The molecule has 0 radical (unpaired) electrons. The summed E-state index contributed by atoms with van der Waals surface area (Å²) in [6.07, 6.45) is 1.40. The van der Waals surface area contributed by atoms with Gasteiger partial charge in [-0.05, 0) is 30.5 Å². The lowest BCUT2D eigenvalue weighted by Crippen LogP contribution is -2.26. The van der Waals surface area contributed by atoms with Gasteiger partial charge < -0.3 is 15.2 Å². The fourth-order valence-electron chi connectivity index (χ4n) is 1.75. The fraction of sp³-hybridized carbons (Fsp3) is 0.417. The fourth-order valence-corrected chi connectivity index (χ4v) is 1.75. The van der Waals surface area contributed by atoms with E-state index in [1.165, 1.54) is 0 Å². The standard InChI is InChI=1S/C12H15NO3/c14-8-9-3-1-4-10(7-9)13-12(15)11-5-2-6-16-11/h1,3-4,7,11,14H,2,5-6,8H2,(H,13,15). The maximum absolute atomic E-state index is 11.7. The summed E-state index contributed by atoms with van der Waals surface area (Å²) in [6.45, 7) is 0.637. The topological polar surface area (TPSA) is 58.6 Å². The lowest BCUT2D eigenvalue weighted by molar-refractivity contribution is -0.124. The zero-order valence-corrected chi connectivity index (χ0v) is 8.98. The Morgan fingerprint density at radius 2 is 2.44 bits per heavy atom. The van der Waals surface area contributed by atoms with Crippen LogP contribution in [0.25, 0.3) is 0 Å². The van der Waals surface area contributed by atoms with Gasteiger partial charge in [0, 0.05) is 12.3 Å². The third-order valence-corrected chi connectivity index (χ3v) is 2.60. The summed E-state index contributed by atoms with van der Waals surface area (Å²) < 4.78 is 5.28. The van der Waals surface area contributed by atoms with Crippen molar-refractivity contribution >= 4 is 11.6 Å². The summed E-state index contributed by atoms with van der Waals surface area (Å²) in [5, 5.41) is 11.8. The van der Waals surface area contributed by atoms with Crippen molar-refractivity contribution in [1.29, 1.82) is 0 Å². The summed E-state index contributed by atoms with van der Waals surface area (Å²) in [5.41, 5.74) is 1.48. The van der Waals surface area contributed by atoms with Crippen molar-refractivity contribution in [1.82, 2.24) is 0 Å². The van der Waals surface area contributed by atoms with Gasteiger partial charge in [0.25, 0.3) is 5.91 Å². The first-order valence-corrected chi connectivity index (χ1v) is 5.42. The highest BCUT2D eigenvalue weighted by Crippen LogP contribution is 2.16. The van der Waals surface area contributed by atoms with Crippen molar-refractivity contribution in [3.05, 3.63) is 29.8 Å². The average molecular weight is 221 g/mol. The highest BCUT2D eigenvalue weighted by atomic mass is 16.5. The molecule has 2 rings (SSSR count). The van der Waals surface area contributed by atoms with Gasteiger partial charge in [0.05, 0.1) is 6.61 Å². The van der Waals surface area contributed by atoms with E-state index in [0.717, 1.165) is 18.4 Å². The number of anilines is 1. The van der Waals surface area contributed by atoms with Gasteiger partial charge in [-0.15, -0.1) is 0 Å². The van der Waals surface area contributed by atoms with Crippen LogP contribution < -0.4 is 5.32 Å². The third kappa shape index (κ3) is 2.59. The molecule has 2 N–H and O–H groups in total. The molecule has 1 heterocycles. The first-order chi connectivity index (χ1) is 7.79. The molecule has 0 saturated carbocycles. The van der Waals surface area contributed by atoms with Crippen LogP contribution in [0.15, 0.2) is 24.3 Å². The molecule has 1 aliphatic heterocycles. The Balaban J connectivity index is 1.99. The van der Waals surface area contributed by atoms with E-state index in [1.807, 2.05) is 6.07 Å². The molecule has 0 aromatic heterocycles. The van der Waals surface area contributed by atoms with E-state index >= 15 is 0 Å². The van der Waals surface area contributed by atoms with Gasteiger partial charge in [-0.1, -0.05) is 12.1 Å². The van der Waals surface area contributed by atoms with Gasteiger partial charge in [0.2, 0.25) is 0 Å². The molecular formula is C12H15NO3. The molecule has 1 unspecified atom stereocenters. The molecule has 4 heteroatoms. The predicted octanol–water partition coefficient (Wildman–Crippen LogP) is 1.30. The Labute approximate surface area is 94.2 Å². The number of rotatable bonds is 3. The van der Waals surface area contributed by atoms with E-state index in [1.54, 1.807) is 18.2 Å². The van der Waals surface area contributed by atoms with E-state index in [2.05, 4.69) is 5.32 Å². The highest BCUT2D eigenvalue weighted by molar-refractivity contribution is 5.94. The number of aliphatic hydroxyl groups excluding tert-OH is 1. The largest absolute Gasteiger partial charge is 0.392 e. The minimum atomic E-state index is -0.321. The smallest absolute Gasteiger partial charge is 0.253 e. The zero-order chi connectivity index (χ0) is 11.4. The SMILES string of the molecule is O=C(Nc1cccc(CO)c1)C1CCCO1. The van der Waals surface area contributed by atoms with Gasteiger partial charge >= 0.3 is 0 Å². The molecule has 1 aromatic rings. The molecule has 0 bridgehead atoms. The van der Waals surface area contributed by atoms with Crippen LogP contribution in [0.3, 0.4) is 0 Å². The monoisotopic (exact) mass is 221 g/mol. The minimum absolute atomic E-state index is 0.0242. The molecule has 1 atom stereocenters. The molecule has 1 aliphatic rings. The van der Waals surface area contributed by atoms with Crippen LogP contribution in [0.5, 0.6) is 0 Å². The van der Waals surface area contributed by atoms with Crippen LogP contribution >= 0.6 is 0 Å². The van der Waals surface area contributed by atoms with Gasteiger partial charge in [-0.25, -0.2) is 0 Å². The molecule has 1 fully saturated rings. The predicted molar refractivity (Wildman–Crippen MR) is 60.0 cm³/mol.